The first kappa shape index (κ1) is 16.3. The van der Waals surface area contributed by atoms with Crippen molar-refractivity contribution in [1.29, 1.82) is 0 Å². The molecule has 0 aromatic heterocycles. The van der Waals surface area contributed by atoms with Gasteiger partial charge in [-0.05, 0) is 43.7 Å². The summed E-state index contributed by atoms with van der Waals surface area (Å²) in [4.78, 5) is 0. The van der Waals surface area contributed by atoms with Crippen LogP contribution in [0.2, 0.25) is 0 Å². The average Bonchev–Trinajstić information content (AvgIpc) is 2.98. The number of benzene rings is 1. The van der Waals surface area contributed by atoms with E-state index >= 15 is 0 Å². The summed E-state index contributed by atoms with van der Waals surface area (Å²) in [5, 5.41) is 3.57. The van der Waals surface area contributed by atoms with E-state index in [9.17, 15) is 4.39 Å². The predicted octanol–water partition coefficient (Wildman–Crippen LogP) is 4.70. The monoisotopic (exact) mass is 293 g/mol. The highest BCUT2D eigenvalue weighted by atomic mass is 19.1. The number of halogens is 1. The molecule has 21 heavy (non-hydrogen) atoms. The van der Waals surface area contributed by atoms with E-state index in [-0.39, 0.29) is 11.9 Å². The minimum absolute atomic E-state index is 0.108. The summed E-state index contributed by atoms with van der Waals surface area (Å²) < 4.78 is 19.8. The number of ether oxygens (including phenoxy) is 1. The van der Waals surface area contributed by atoms with Gasteiger partial charge in [-0.15, -0.1) is 0 Å². The lowest BCUT2D eigenvalue weighted by molar-refractivity contribution is 0.334. The van der Waals surface area contributed by atoms with E-state index in [2.05, 4.69) is 19.2 Å². The van der Waals surface area contributed by atoms with E-state index < -0.39 is 0 Å². The van der Waals surface area contributed by atoms with Gasteiger partial charge in [-0.1, -0.05) is 38.8 Å². The topological polar surface area (TPSA) is 21.3 Å². The normalized spacial score (nSPS) is 23.2. The van der Waals surface area contributed by atoms with Crippen LogP contribution in [0.25, 0.3) is 0 Å². The Bertz CT molecular complexity index is 449. The lowest BCUT2D eigenvalue weighted by Crippen LogP contribution is -2.29. The van der Waals surface area contributed by atoms with Gasteiger partial charge in [0.15, 0.2) is 11.6 Å². The van der Waals surface area contributed by atoms with E-state index in [1.165, 1.54) is 32.8 Å². The number of hydrogen-bond donors (Lipinski definition) is 1. The SMILES string of the molecule is CCCNC(c1cccc(OC)c1F)C1CCC(CC)C1. The van der Waals surface area contributed by atoms with Crippen LogP contribution in [0.4, 0.5) is 4.39 Å². The molecule has 0 aliphatic heterocycles. The molecule has 1 fully saturated rings. The van der Waals surface area contributed by atoms with Crippen molar-refractivity contribution in [2.75, 3.05) is 13.7 Å². The van der Waals surface area contributed by atoms with E-state index in [4.69, 9.17) is 4.74 Å². The Morgan fingerprint density at radius 1 is 1.33 bits per heavy atom. The molecule has 0 heterocycles. The molecule has 0 spiro atoms. The molecular weight excluding hydrogens is 265 g/mol. The van der Waals surface area contributed by atoms with E-state index in [0.717, 1.165) is 24.4 Å². The first-order chi connectivity index (χ1) is 10.2. The van der Waals surface area contributed by atoms with Gasteiger partial charge < -0.3 is 10.1 Å². The van der Waals surface area contributed by atoms with Crippen molar-refractivity contribution in [3.63, 3.8) is 0 Å². The van der Waals surface area contributed by atoms with Gasteiger partial charge in [0.25, 0.3) is 0 Å². The summed E-state index contributed by atoms with van der Waals surface area (Å²) in [6, 6.07) is 5.60. The van der Waals surface area contributed by atoms with E-state index in [0.29, 0.717) is 11.7 Å². The highest BCUT2D eigenvalue weighted by Crippen LogP contribution is 2.41. The molecule has 1 aliphatic carbocycles. The molecule has 1 aliphatic rings. The molecule has 0 radical (unpaired) electrons. The molecule has 3 atom stereocenters. The van der Waals surface area contributed by atoms with Gasteiger partial charge in [-0.2, -0.15) is 0 Å². The maximum Gasteiger partial charge on any atom is 0.169 e. The summed E-state index contributed by atoms with van der Waals surface area (Å²) in [6.45, 7) is 5.33. The Labute approximate surface area is 128 Å². The van der Waals surface area contributed by atoms with Crippen molar-refractivity contribution < 1.29 is 9.13 Å². The highest BCUT2D eigenvalue weighted by Gasteiger charge is 2.32. The summed E-state index contributed by atoms with van der Waals surface area (Å²) in [5.74, 6) is 1.48. The van der Waals surface area contributed by atoms with Crippen LogP contribution < -0.4 is 10.1 Å². The lowest BCUT2D eigenvalue weighted by atomic mass is 9.89. The van der Waals surface area contributed by atoms with Crippen LogP contribution in [0.5, 0.6) is 5.75 Å². The molecule has 1 saturated carbocycles. The Morgan fingerprint density at radius 2 is 2.14 bits per heavy atom. The fourth-order valence-electron chi connectivity index (χ4n) is 3.54. The standard InChI is InChI=1S/C18H28FNO/c1-4-11-20-18(14-10-9-13(5-2)12-14)15-7-6-8-16(21-3)17(15)19/h6-8,13-14,18,20H,4-5,9-12H2,1-3H3. The Balaban J connectivity index is 2.23. The second-order valence-electron chi connectivity index (χ2n) is 6.14. The zero-order valence-electron chi connectivity index (χ0n) is 13.5. The van der Waals surface area contributed by atoms with Gasteiger partial charge in [0.2, 0.25) is 0 Å². The van der Waals surface area contributed by atoms with Crippen molar-refractivity contribution in [2.24, 2.45) is 11.8 Å². The predicted molar refractivity (Wildman–Crippen MR) is 85.1 cm³/mol. The van der Waals surface area contributed by atoms with Gasteiger partial charge in [0, 0.05) is 11.6 Å². The van der Waals surface area contributed by atoms with Gasteiger partial charge in [0.05, 0.1) is 7.11 Å². The fraction of sp³-hybridized carbons (Fsp3) is 0.667. The maximum absolute atomic E-state index is 14.6. The summed E-state index contributed by atoms with van der Waals surface area (Å²) in [6.07, 6.45) is 5.96. The first-order valence-electron chi connectivity index (χ1n) is 8.27. The van der Waals surface area contributed by atoms with Crippen molar-refractivity contribution in [3.05, 3.63) is 29.6 Å². The Hall–Kier alpha value is -1.09. The van der Waals surface area contributed by atoms with Crippen LogP contribution >= 0.6 is 0 Å². The van der Waals surface area contributed by atoms with Gasteiger partial charge in [0.1, 0.15) is 0 Å². The summed E-state index contributed by atoms with van der Waals surface area (Å²) in [7, 11) is 1.53. The molecular formula is C18H28FNO. The summed E-state index contributed by atoms with van der Waals surface area (Å²) in [5.41, 5.74) is 0.768. The van der Waals surface area contributed by atoms with Gasteiger partial charge in [-0.3, -0.25) is 0 Å². The van der Waals surface area contributed by atoms with E-state index in [1.54, 1.807) is 6.07 Å². The molecule has 2 rings (SSSR count). The highest BCUT2D eigenvalue weighted by molar-refractivity contribution is 5.33. The molecule has 0 saturated heterocycles. The van der Waals surface area contributed by atoms with Gasteiger partial charge in [-0.25, -0.2) is 4.39 Å². The molecule has 0 bridgehead atoms. The second kappa shape index (κ2) is 7.79. The fourth-order valence-corrected chi connectivity index (χ4v) is 3.54. The van der Waals surface area contributed by atoms with Crippen LogP contribution in [-0.2, 0) is 0 Å². The van der Waals surface area contributed by atoms with Gasteiger partial charge >= 0.3 is 0 Å². The molecule has 2 nitrogen and oxygen atoms in total. The zero-order valence-corrected chi connectivity index (χ0v) is 13.5. The molecule has 0 amide bonds. The number of nitrogens with one attached hydrogen (secondary N) is 1. The number of rotatable bonds is 7. The Morgan fingerprint density at radius 3 is 2.76 bits per heavy atom. The van der Waals surface area contributed by atoms with Crippen LogP contribution in [0.3, 0.4) is 0 Å². The molecule has 3 unspecified atom stereocenters. The molecule has 1 aromatic carbocycles. The van der Waals surface area contributed by atoms with Crippen LogP contribution in [0.15, 0.2) is 18.2 Å². The number of methoxy groups -OCH3 is 1. The first-order valence-corrected chi connectivity index (χ1v) is 8.27. The lowest BCUT2D eigenvalue weighted by Gasteiger charge is -2.26. The summed E-state index contributed by atoms with van der Waals surface area (Å²) >= 11 is 0. The Kier molecular flexibility index (Phi) is 6.04. The van der Waals surface area contributed by atoms with Crippen LogP contribution in [0.1, 0.15) is 57.6 Å². The smallest absolute Gasteiger partial charge is 0.169 e. The van der Waals surface area contributed by atoms with Crippen molar-refractivity contribution in [3.8, 4) is 5.75 Å². The molecule has 1 N–H and O–H groups in total. The van der Waals surface area contributed by atoms with Crippen LogP contribution in [-0.4, -0.2) is 13.7 Å². The van der Waals surface area contributed by atoms with E-state index in [1.807, 2.05) is 12.1 Å². The third-order valence-corrected chi connectivity index (χ3v) is 4.79. The third kappa shape index (κ3) is 3.76. The second-order valence-corrected chi connectivity index (χ2v) is 6.14. The third-order valence-electron chi connectivity index (χ3n) is 4.79. The molecule has 118 valence electrons. The van der Waals surface area contributed by atoms with Crippen molar-refractivity contribution in [1.82, 2.24) is 5.32 Å². The van der Waals surface area contributed by atoms with Crippen molar-refractivity contribution >= 4 is 0 Å². The van der Waals surface area contributed by atoms with Crippen molar-refractivity contribution in [2.45, 2.75) is 52.0 Å². The maximum atomic E-state index is 14.6. The quantitative estimate of drug-likeness (QED) is 0.786. The molecule has 3 heteroatoms. The number of hydrogen-bond acceptors (Lipinski definition) is 2. The average molecular weight is 293 g/mol. The zero-order chi connectivity index (χ0) is 15.2. The minimum atomic E-state index is -0.200. The largest absolute Gasteiger partial charge is 0.494 e. The van der Waals surface area contributed by atoms with Crippen LogP contribution in [0, 0.1) is 17.7 Å². The molecule has 1 aromatic rings. The minimum Gasteiger partial charge on any atom is -0.494 e.